The molecule has 0 atom stereocenters. The van der Waals surface area contributed by atoms with Crippen LogP contribution in [0.5, 0.6) is 17.2 Å². The smallest absolute Gasteiger partial charge is 0.271 e. The number of Topliss-reactive ketones (excluding diaryl/α,β-unsaturated/α-hetero) is 2. The Kier molecular flexibility index (Phi) is 3.05. The molecule has 0 unspecified atom stereocenters. The van der Waals surface area contributed by atoms with Gasteiger partial charge in [-0.3, -0.25) is 9.59 Å². The maximum Gasteiger partial charge on any atom is 0.271 e. The quantitative estimate of drug-likeness (QED) is 0.474. The van der Waals surface area contributed by atoms with Gasteiger partial charge in [-0.2, -0.15) is 0 Å². The Balaban J connectivity index is 2.99. The number of ether oxygens (including phenoxy) is 1. The third kappa shape index (κ3) is 1.52. The molecule has 2 rings (SSSR count). The molecule has 0 saturated heterocycles. The van der Waals surface area contributed by atoms with Crippen LogP contribution >= 0.6 is 0 Å². The zero-order valence-corrected chi connectivity index (χ0v) is 10.7. The fourth-order valence-electron chi connectivity index (χ4n) is 2.20. The molecule has 0 radical (unpaired) electrons. The van der Waals surface area contributed by atoms with Crippen molar-refractivity contribution in [1.82, 2.24) is 0 Å². The monoisotopic (exact) mass is 280 g/mol. The summed E-state index contributed by atoms with van der Waals surface area (Å²) in [7, 11) is 1.23. The number of carbonyl (C=O) groups excluding carboxylic acids is 2. The van der Waals surface area contributed by atoms with Crippen molar-refractivity contribution in [3.63, 3.8) is 0 Å². The van der Waals surface area contributed by atoms with Crippen LogP contribution in [0.4, 0.5) is 0 Å². The first-order valence-corrected chi connectivity index (χ1v) is 5.73. The lowest BCUT2D eigenvalue weighted by Crippen LogP contribution is -2.24. The van der Waals surface area contributed by atoms with Gasteiger partial charge in [0.25, 0.3) is 5.78 Å². The number of aliphatic hydroxyl groups is 2. The summed E-state index contributed by atoms with van der Waals surface area (Å²) in [5.41, 5.74) is -0.932. The molecule has 1 aromatic carbocycles. The van der Waals surface area contributed by atoms with Gasteiger partial charge in [0.1, 0.15) is 5.75 Å². The summed E-state index contributed by atoms with van der Waals surface area (Å²) in [6, 6.07) is 0. The summed E-state index contributed by atoms with van der Waals surface area (Å²) in [5, 5.41) is 39.3. The summed E-state index contributed by atoms with van der Waals surface area (Å²) >= 11 is 0. The van der Waals surface area contributed by atoms with E-state index in [1.165, 1.54) is 7.11 Å². The number of phenolic OH excluding ortho intramolecular Hbond substituents is 2. The number of carbonyl (C=O) groups is 2. The Morgan fingerprint density at radius 2 is 1.50 bits per heavy atom. The zero-order valence-electron chi connectivity index (χ0n) is 10.7. The Hall–Kier alpha value is -2.70. The number of methoxy groups -OCH3 is 1. The summed E-state index contributed by atoms with van der Waals surface area (Å²) in [6.07, 6.45) is 0.216. The van der Waals surface area contributed by atoms with Crippen LogP contribution in [0.15, 0.2) is 5.76 Å². The van der Waals surface area contributed by atoms with E-state index in [2.05, 4.69) is 0 Å². The highest BCUT2D eigenvalue weighted by Gasteiger charge is 2.40. The first kappa shape index (κ1) is 13.7. The number of hydrogen-bond donors (Lipinski definition) is 4. The van der Waals surface area contributed by atoms with E-state index in [4.69, 9.17) is 4.74 Å². The average Bonchev–Trinajstić information content (AvgIpc) is 2.43. The second-order valence-electron chi connectivity index (χ2n) is 4.17. The topological polar surface area (TPSA) is 124 Å². The van der Waals surface area contributed by atoms with E-state index >= 15 is 0 Å². The van der Waals surface area contributed by atoms with Crippen molar-refractivity contribution in [3.05, 3.63) is 22.4 Å². The number of fused-ring (bicyclic) bond motifs is 1. The molecule has 0 heterocycles. The molecule has 1 aliphatic rings. The minimum absolute atomic E-state index is 0.124. The number of aromatic hydroxyl groups is 2. The second-order valence-corrected chi connectivity index (χ2v) is 4.17. The van der Waals surface area contributed by atoms with Gasteiger partial charge in [-0.1, -0.05) is 6.92 Å². The molecule has 7 nitrogen and oxygen atoms in total. The standard InChI is InChI=1S/C13H12O7/c1-3-4-7(14)5-6(10(17)13(4)20-2)9(16)12(19)11(18)8(5)15/h14,16-17,19H,3H2,1-2H3. The van der Waals surface area contributed by atoms with E-state index in [1.807, 2.05) is 0 Å². The number of aliphatic hydroxyl groups excluding tert-OH is 2. The number of allylic oxidation sites excluding steroid dienone is 1. The number of ketones is 2. The van der Waals surface area contributed by atoms with Crippen molar-refractivity contribution >= 4 is 17.3 Å². The normalized spacial score (nSPS) is 14.5. The van der Waals surface area contributed by atoms with E-state index in [-0.39, 0.29) is 17.7 Å². The van der Waals surface area contributed by atoms with Crippen molar-refractivity contribution in [1.29, 1.82) is 0 Å². The van der Waals surface area contributed by atoms with Crippen molar-refractivity contribution in [2.45, 2.75) is 13.3 Å². The third-order valence-electron chi connectivity index (χ3n) is 3.17. The minimum atomic E-state index is -1.35. The maximum absolute atomic E-state index is 11.8. The van der Waals surface area contributed by atoms with Crippen LogP contribution in [0.25, 0.3) is 5.76 Å². The second kappa shape index (κ2) is 4.44. The van der Waals surface area contributed by atoms with Crippen LogP contribution < -0.4 is 4.74 Å². The van der Waals surface area contributed by atoms with Gasteiger partial charge in [-0.05, 0) is 6.42 Å². The van der Waals surface area contributed by atoms with E-state index in [9.17, 15) is 30.0 Å². The van der Waals surface area contributed by atoms with Crippen LogP contribution in [-0.4, -0.2) is 39.1 Å². The van der Waals surface area contributed by atoms with Gasteiger partial charge in [-0.15, -0.1) is 0 Å². The highest BCUT2D eigenvalue weighted by molar-refractivity contribution is 6.52. The van der Waals surface area contributed by atoms with Crippen LogP contribution in [0, 0.1) is 0 Å². The number of benzene rings is 1. The Morgan fingerprint density at radius 1 is 0.900 bits per heavy atom. The van der Waals surface area contributed by atoms with Gasteiger partial charge in [0.05, 0.1) is 18.2 Å². The molecule has 0 fully saturated rings. The number of rotatable bonds is 2. The van der Waals surface area contributed by atoms with Gasteiger partial charge in [-0.25, -0.2) is 0 Å². The number of hydrogen-bond acceptors (Lipinski definition) is 7. The predicted octanol–water partition coefficient (Wildman–Crippen LogP) is 1.22. The van der Waals surface area contributed by atoms with Crippen molar-refractivity contribution in [2.75, 3.05) is 7.11 Å². The van der Waals surface area contributed by atoms with Gasteiger partial charge in [0.2, 0.25) is 11.5 Å². The fraction of sp³-hybridized carbons (Fsp3) is 0.231. The zero-order chi connectivity index (χ0) is 15.2. The Labute approximate surface area is 113 Å². The molecule has 0 aromatic heterocycles. The largest absolute Gasteiger partial charge is 0.507 e. The van der Waals surface area contributed by atoms with Crippen LogP contribution in [0.3, 0.4) is 0 Å². The summed E-state index contributed by atoms with van der Waals surface area (Å²) in [5.74, 6) is -6.03. The Bertz CT molecular complexity index is 670. The molecule has 106 valence electrons. The molecule has 7 heteroatoms. The minimum Gasteiger partial charge on any atom is -0.507 e. The van der Waals surface area contributed by atoms with E-state index in [0.29, 0.717) is 0 Å². The van der Waals surface area contributed by atoms with Crippen molar-refractivity contribution in [2.24, 2.45) is 0 Å². The molecule has 20 heavy (non-hydrogen) atoms. The van der Waals surface area contributed by atoms with Gasteiger partial charge < -0.3 is 25.2 Å². The van der Waals surface area contributed by atoms with Crippen LogP contribution in [0.2, 0.25) is 0 Å². The lowest BCUT2D eigenvalue weighted by Gasteiger charge is -2.21. The lowest BCUT2D eigenvalue weighted by molar-refractivity contribution is -0.114. The molecule has 0 saturated carbocycles. The van der Waals surface area contributed by atoms with Crippen molar-refractivity contribution < 1.29 is 34.8 Å². The number of phenols is 2. The van der Waals surface area contributed by atoms with Crippen molar-refractivity contribution in [3.8, 4) is 17.2 Å². The average molecular weight is 280 g/mol. The molecular weight excluding hydrogens is 268 g/mol. The lowest BCUT2D eigenvalue weighted by atomic mass is 9.88. The molecule has 0 amide bonds. The van der Waals surface area contributed by atoms with E-state index < -0.39 is 45.7 Å². The molecule has 0 spiro atoms. The summed E-state index contributed by atoms with van der Waals surface area (Å²) in [6.45, 7) is 1.64. The first-order valence-electron chi connectivity index (χ1n) is 5.73. The summed E-state index contributed by atoms with van der Waals surface area (Å²) < 4.78 is 4.94. The third-order valence-corrected chi connectivity index (χ3v) is 3.17. The van der Waals surface area contributed by atoms with Gasteiger partial charge in [0, 0.05) is 5.56 Å². The highest BCUT2D eigenvalue weighted by atomic mass is 16.5. The van der Waals surface area contributed by atoms with Crippen LogP contribution in [-0.2, 0) is 11.2 Å². The molecule has 1 aromatic rings. The summed E-state index contributed by atoms with van der Waals surface area (Å²) in [4.78, 5) is 23.3. The van der Waals surface area contributed by atoms with E-state index in [0.717, 1.165) is 0 Å². The van der Waals surface area contributed by atoms with Gasteiger partial charge in [0.15, 0.2) is 17.3 Å². The maximum atomic E-state index is 11.8. The molecule has 4 N–H and O–H groups in total. The molecule has 0 aliphatic heterocycles. The molecule has 0 bridgehead atoms. The molecule has 1 aliphatic carbocycles. The van der Waals surface area contributed by atoms with E-state index in [1.54, 1.807) is 6.92 Å². The van der Waals surface area contributed by atoms with Crippen LogP contribution in [0.1, 0.15) is 28.4 Å². The SMILES string of the molecule is CCc1c(O)c2c(c(O)c1OC)C(O)=C(O)C(=O)C2=O. The fourth-order valence-corrected chi connectivity index (χ4v) is 2.20. The molecular formula is C13H12O7. The Morgan fingerprint density at radius 3 is 2.00 bits per heavy atom. The van der Waals surface area contributed by atoms with Gasteiger partial charge >= 0.3 is 0 Å². The first-order chi connectivity index (χ1) is 9.36. The highest BCUT2D eigenvalue weighted by Crippen LogP contribution is 2.47. The predicted molar refractivity (Wildman–Crippen MR) is 67.2 cm³/mol.